The van der Waals surface area contributed by atoms with Crippen LogP contribution in [-0.2, 0) is 14.8 Å². The molecule has 1 atom stereocenters. The van der Waals surface area contributed by atoms with E-state index in [0.29, 0.717) is 19.1 Å². The first kappa shape index (κ1) is 13.3. The predicted octanol–water partition coefficient (Wildman–Crippen LogP) is 0.0798. The van der Waals surface area contributed by atoms with Gasteiger partial charge >= 0.3 is 0 Å². The van der Waals surface area contributed by atoms with Crippen molar-refractivity contribution in [2.45, 2.75) is 17.7 Å². The second-order valence-corrected chi connectivity index (χ2v) is 6.07. The lowest BCUT2D eigenvalue weighted by Gasteiger charge is -2.09. The number of nitrogens with one attached hydrogen (secondary N) is 2. The van der Waals surface area contributed by atoms with Gasteiger partial charge in [-0.2, -0.15) is 0 Å². The third-order valence-corrected chi connectivity index (χ3v) is 4.39. The molecule has 1 fully saturated rings. The zero-order valence-electron chi connectivity index (χ0n) is 9.89. The van der Waals surface area contributed by atoms with Gasteiger partial charge in [0.1, 0.15) is 0 Å². The third kappa shape index (κ3) is 3.41. The van der Waals surface area contributed by atoms with Crippen LogP contribution < -0.4 is 10.3 Å². The van der Waals surface area contributed by atoms with Crippen molar-refractivity contribution in [3.8, 4) is 0 Å². The SMILES string of the molecule is O=c1ccc(S(=O)(=O)NCCC2CCOC2)c[nH]1. The first-order valence-corrected chi connectivity index (χ1v) is 7.32. The number of H-pyrrole nitrogens is 1. The molecule has 1 aromatic rings. The van der Waals surface area contributed by atoms with Crippen LogP contribution in [0.3, 0.4) is 0 Å². The summed E-state index contributed by atoms with van der Waals surface area (Å²) < 4.78 is 31.4. The average molecular weight is 272 g/mol. The average Bonchev–Trinajstić information content (AvgIpc) is 2.82. The van der Waals surface area contributed by atoms with E-state index in [-0.39, 0.29) is 10.5 Å². The molecule has 1 aromatic heterocycles. The molecule has 0 aliphatic carbocycles. The minimum absolute atomic E-state index is 0.0739. The topological polar surface area (TPSA) is 88.3 Å². The van der Waals surface area contributed by atoms with Gasteiger partial charge in [-0.15, -0.1) is 0 Å². The number of aromatic amines is 1. The predicted molar refractivity (Wildman–Crippen MR) is 65.8 cm³/mol. The monoisotopic (exact) mass is 272 g/mol. The van der Waals surface area contributed by atoms with Crippen LogP contribution in [0.1, 0.15) is 12.8 Å². The summed E-state index contributed by atoms with van der Waals surface area (Å²) >= 11 is 0. The highest BCUT2D eigenvalue weighted by molar-refractivity contribution is 7.89. The van der Waals surface area contributed by atoms with Gasteiger partial charge in [0.2, 0.25) is 15.6 Å². The molecule has 0 aromatic carbocycles. The summed E-state index contributed by atoms with van der Waals surface area (Å²) in [5.74, 6) is 0.434. The van der Waals surface area contributed by atoms with Gasteiger partial charge in [0.15, 0.2) is 0 Å². The number of pyridine rings is 1. The van der Waals surface area contributed by atoms with E-state index in [4.69, 9.17) is 4.74 Å². The number of ether oxygens (including phenoxy) is 1. The van der Waals surface area contributed by atoms with Crippen molar-refractivity contribution in [1.82, 2.24) is 9.71 Å². The Balaban J connectivity index is 1.90. The van der Waals surface area contributed by atoms with Gasteiger partial charge < -0.3 is 9.72 Å². The molecule has 0 saturated carbocycles. The minimum Gasteiger partial charge on any atom is -0.381 e. The molecule has 7 heteroatoms. The molecular weight excluding hydrogens is 256 g/mol. The standard InChI is InChI=1S/C11H16N2O4S/c14-11-2-1-10(7-12-11)18(15,16)13-5-3-9-4-6-17-8-9/h1-2,7,9,13H,3-6,8H2,(H,12,14). The fourth-order valence-electron chi connectivity index (χ4n) is 1.86. The molecule has 0 amide bonds. The van der Waals surface area contributed by atoms with Crippen molar-refractivity contribution < 1.29 is 13.2 Å². The molecule has 100 valence electrons. The van der Waals surface area contributed by atoms with Crippen LogP contribution in [0, 0.1) is 5.92 Å². The Morgan fingerprint density at radius 3 is 2.89 bits per heavy atom. The Morgan fingerprint density at radius 1 is 1.44 bits per heavy atom. The van der Waals surface area contributed by atoms with Gasteiger partial charge in [-0.1, -0.05) is 0 Å². The summed E-state index contributed by atoms with van der Waals surface area (Å²) in [4.78, 5) is 13.3. The van der Waals surface area contributed by atoms with Gasteiger partial charge in [-0.3, -0.25) is 4.79 Å². The second kappa shape index (κ2) is 5.64. The largest absolute Gasteiger partial charge is 0.381 e. The fraction of sp³-hybridized carbons (Fsp3) is 0.545. The molecule has 2 heterocycles. The Labute approximate surface area is 105 Å². The maximum Gasteiger partial charge on any atom is 0.247 e. The van der Waals surface area contributed by atoms with E-state index >= 15 is 0 Å². The molecule has 2 N–H and O–H groups in total. The zero-order chi connectivity index (χ0) is 13.0. The normalized spacial score (nSPS) is 20.1. The molecule has 0 bridgehead atoms. The van der Waals surface area contributed by atoms with Gasteiger partial charge in [0.25, 0.3) is 0 Å². The van der Waals surface area contributed by atoms with Crippen molar-refractivity contribution in [3.63, 3.8) is 0 Å². The van der Waals surface area contributed by atoms with E-state index in [9.17, 15) is 13.2 Å². The summed E-state index contributed by atoms with van der Waals surface area (Å²) in [6.07, 6.45) is 2.95. The Bertz CT molecular complexity index is 526. The highest BCUT2D eigenvalue weighted by Crippen LogP contribution is 2.15. The van der Waals surface area contributed by atoms with Crippen molar-refractivity contribution in [2.75, 3.05) is 19.8 Å². The lowest BCUT2D eigenvalue weighted by atomic mass is 10.1. The molecule has 1 aliphatic rings. The van der Waals surface area contributed by atoms with E-state index in [2.05, 4.69) is 9.71 Å². The van der Waals surface area contributed by atoms with Crippen LogP contribution in [0.15, 0.2) is 28.0 Å². The molecule has 6 nitrogen and oxygen atoms in total. The van der Waals surface area contributed by atoms with E-state index in [1.807, 2.05) is 0 Å². The number of hydrogen-bond acceptors (Lipinski definition) is 4. The second-order valence-electron chi connectivity index (χ2n) is 4.30. The quantitative estimate of drug-likeness (QED) is 0.794. The van der Waals surface area contributed by atoms with Gasteiger partial charge in [0, 0.05) is 32.0 Å². The molecule has 0 spiro atoms. The molecule has 1 aliphatic heterocycles. The van der Waals surface area contributed by atoms with Crippen LogP contribution in [0.25, 0.3) is 0 Å². The van der Waals surface area contributed by atoms with E-state index in [1.165, 1.54) is 18.3 Å². The van der Waals surface area contributed by atoms with Crippen molar-refractivity contribution in [1.29, 1.82) is 0 Å². The van der Waals surface area contributed by atoms with Gasteiger partial charge in [-0.25, -0.2) is 13.1 Å². The molecule has 1 unspecified atom stereocenters. The van der Waals surface area contributed by atoms with E-state index in [0.717, 1.165) is 19.4 Å². The summed E-state index contributed by atoms with van der Waals surface area (Å²) in [6, 6.07) is 2.49. The fourth-order valence-corrected chi connectivity index (χ4v) is 2.87. The van der Waals surface area contributed by atoms with E-state index < -0.39 is 10.0 Å². The minimum atomic E-state index is -3.53. The lowest BCUT2D eigenvalue weighted by molar-refractivity contribution is 0.184. The van der Waals surface area contributed by atoms with Crippen LogP contribution in [0.2, 0.25) is 0 Å². The number of aromatic nitrogens is 1. The molecular formula is C11H16N2O4S. The number of hydrogen-bond donors (Lipinski definition) is 2. The molecule has 18 heavy (non-hydrogen) atoms. The first-order chi connectivity index (χ1) is 8.58. The van der Waals surface area contributed by atoms with Crippen molar-refractivity contribution >= 4 is 10.0 Å². The Kier molecular flexibility index (Phi) is 4.15. The van der Waals surface area contributed by atoms with Crippen LogP contribution in [0.4, 0.5) is 0 Å². The van der Waals surface area contributed by atoms with Crippen molar-refractivity contribution in [2.24, 2.45) is 5.92 Å². The smallest absolute Gasteiger partial charge is 0.247 e. The highest BCUT2D eigenvalue weighted by Gasteiger charge is 2.18. The lowest BCUT2D eigenvalue weighted by Crippen LogP contribution is -2.27. The highest BCUT2D eigenvalue weighted by atomic mass is 32.2. The Morgan fingerprint density at radius 2 is 2.28 bits per heavy atom. The Hall–Kier alpha value is -1.18. The number of rotatable bonds is 5. The molecule has 0 radical (unpaired) electrons. The maximum absolute atomic E-state index is 11.9. The summed E-state index contributed by atoms with van der Waals surface area (Å²) in [5.41, 5.74) is -0.322. The molecule has 2 rings (SSSR count). The van der Waals surface area contributed by atoms with Crippen molar-refractivity contribution in [3.05, 3.63) is 28.7 Å². The van der Waals surface area contributed by atoms with Crippen LogP contribution >= 0.6 is 0 Å². The number of sulfonamides is 1. The summed E-state index contributed by atoms with van der Waals surface area (Å²) in [5, 5.41) is 0. The van der Waals surface area contributed by atoms with Crippen LogP contribution in [-0.4, -0.2) is 33.2 Å². The third-order valence-electron chi connectivity index (χ3n) is 2.93. The van der Waals surface area contributed by atoms with Gasteiger partial charge in [-0.05, 0) is 24.8 Å². The summed E-state index contributed by atoms with van der Waals surface area (Å²) in [6.45, 7) is 1.85. The summed E-state index contributed by atoms with van der Waals surface area (Å²) in [7, 11) is -3.53. The van der Waals surface area contributed by atoms with Crippen LogP contribution in [0.5, 0.6) is 0 Å². The van der Waals surface area contributed by atoms with Gasteiger partial charge in [0.05, 0.1) is 4.90 Å². The van der Waals surface area contributed by atoms with E-state index in [1.54, 1.807) is 0 Å². The first-order valence-electron chi connectivity index (χ1n) is 5.84. The maximum atomic E-state index is 11.9. The molecule has 1 saturated heterocycles. The zero-order valence-corrected chi connectivity index (χ0v) is 10.7.